The molecule has 0 saturated heterocycles. The Morgan fingerprint density at radius 2 is 1.46 bits per heavy atom. The second-order valence-electron chi connectivity index (χ2n) is 5.88. The number of aliphatic hydroxyl groups is 2. The first-order valence-corrected chi connectivity index (χ1v) is 6.74. The molecule has 0 bridgehead atoms. The number of esters is 1. The van der Waals surface area contributed by atoms with Crippen LogP contribution < -0.4 is 0 Å². The van der Waals surface area contributed by atoms with Crippen LogP contribution in [0.3, 0.4) is 0 Å². The summed E-state index contributed by atoms with van der Waals surface area (Å²) in [4.78, 5) is 11.0. The quantitative estimate of drug-likeness (QED) is 0.429. The monoisotopic (exact) mass is 404 g/mol. The fraction of sp³-hybridized carbons (Fsp3) is 0.769. The number of ether oxygens (including phenoxy) is 1. The highest BCUT2D eigenvalue weighted by molar-refractivity contribution is 5.81. The van der Waals surface area contributed by atoms with Gasteiger partial charge in [0.15, 0.2) is 5.60 Å². The van der Waals surface area contributed by atoms with Gasteiger partial charge in [-0.25, -0.2) is 22.4 Å². The summed E-state index contributed by atoms with van der Waals surface area (Å²) in [6.07, 6.45) is -6.04. The predicted octanol–water partition coefficient (Wildman–Crippen LogP) is 2.48. The van der Waals surface area contributed by atoms with Gasteiger partial charge in [0.1, 0.15) is 13.3 Å². The molecule has 4 atom stereocenters. The van der Waals surface area contributed by atoms with Crippen molar-refractivity contribution in [2.45, 2.75) is 47.7 Å². The Hall–Kier alpha value is -1.50. The molecule has 4 unspecified atom stereocenters. The average molecular weight is 404 g/mol. The van der Waals surface area contributed by atoms with E-state index in [-0.39, 0.29) is 6.08 Å². The summed E-state index contributed by atoms with van der Waals surface area (Å²) in [7, 11) is 0. The van der Waals surface area contributed by atoms with E-state index in [1.807, 2.05) is 0 Å². The average Bonchev–Trinajstić information content (AvgIpc) is 2.52. The summed E-state index contributed by atoms with van der Waals surface area (Å²) in [6.45, 7) is -3.11. The van der Waals surface area contributed by atoms with Crippen molar-refractivity contribution in [1.29, 1.82) is 0 Å². The van der Waals surface area contributed by atoms with Crippen LogP contribution >= 0.6 is 0 Å². The van der Waals surface area contributed by atoms with E-state index in [0.29, 0.717) is 0 Å². The molecule has 2 N–H and O–H groups in total. The number of hydrogen-bond acceptors (Lipinski definition) is 4. The number of hydrogen-bond donors (Lipinski definition) is 2. The van der Waals surface area contributed by atoms with Crippen molar-refractivity contribution < 1.29 is 59.3 Å². The van der Waals surface area contributed by atoms with Crippen LogP contribution in [0.15, 0.2) is 12.7 Å². The van der Waals surface area contributed by atoms with Crippen molar-refractivity contribution >= 4 is 5.97 Å². The van der Waals surface area contributed by atoms with Crippen molar-refractivity contribution in [2.24, 2.45) is 0 Å². The molecule has 0 aromatic heterocycles. The Balaban J connectivity index is 3.74. The van der Waals surface area contributed by atoms with Gasteiger partial charge in [-0.3, -0.25) is 0 Å². The Kier molecular flexibility index (Phi) is 5.45. The molecule has 152 valence electrons. The third-order valence-electron chi connectivity index (χ3n) is 3.99. The van der Waals surface area contributed by atoms with Crippen molar-refractivity contribution in [1.82, 2.24) is 0 Å². The lowest BCUT2D eigenvalue weighted by atomic mass is 9.72. The number of carbonyl (C=O) groups excluding carboxylic acids is 1. The lowest BCUT2D eigenvalue weighted by Crippen LogP contribution is -2.74. The van der Waals surface area contributed by atoms with Crippen LogP contribution in [0.25, 0.3) is 0 Å². The Morgan fingerprint density at radius 3 is 1.85 bits per heavy atom. The molecule has 0 aliphatic heterocycles. The highest BCUT2D eigenvalue weighted by Crippen LogP contribution is 2.58. The van der Waals surface area contributed by atoms with Crippen molar-refractivity contribution in [2.75, 3.05) is 13.3 Å². The van der Waals surface area contributed by atoms with Gasteiger partial charge in [-0.15, -0.1) is 0 Å². The largest absolute Gasteiger partial charge is 0.418 e. The molecule has 0 aromatic rings. The van der Waals surface area contributed by atoms with Gasteiger partial charge in [-0.1, -0.05) is 6.58 Å². The fourth-order valence-corrected chi connectivity index (χ4v) is 2.46. The molecule has 0 amide bonds. The van der Waals surface area contributed by atoms with Gasteiger partial charge in [0.2, 0.25) is 5.67 Å². The van der Waals surface area contributed by atoms with Gasteiger partial charge in [-0.2, -0.15) is 22.0 Å². The molecule has 1 saturated carbocycles. The predicted molar refractivity (Wildman–Crippen MR) is 66.1 cm³/mol. The van der Waals surface area contributed by atoms with Gasteiger partial charge in [0.05, 0.1) is 12.8 Å². The molecule has 0 radical (unpaired) electrons. The van der Waals surface area contributed by atoms with E-state index in [1.54, 1.807) is 0 Å². The maximum Gasteiger partial charge on any atom is 0.373 e. The summed E-state index contributed by atoms with van der Waals surface area (Å²) in [5.41, 5.74) is -9.74. The van der Waals surface area contributed by atoms with E-state index in [1.165, 1.54) is 0 Å². The van der Waals surface area contributed by atoms with Gasteiger partial charge < -0.3 is 14.9 Å². The maximum atomic E-state index is 14.5. The summed E-state index contributed by atoms with van der Waals surface area (Å²) in [6, 6.07) is 0. The van der Waals surface area contributed by atoms with Crippen LogP contribution in [0.2, 0.25) is 0 Å². The lowest BCUT2D eigenvalue weighted by molar-refractivity contribution is -0.403. The van der Waals surface area contributed by atoms with E-state index in [9.17, 15) is 49.4 Å². The summed E-state index contributed by atoms with van der Waals surface area (Å²) >= 11 is 0. The molecule has 13 heteroatoms. The van der Waals surface area contributed by atoms with Crippen LogP contribution in [-0.2, 0) is 9.53 Å². The van der Waals surface area contributed by atoms with Crippen LogP contribution in [-0.4, -0.2) is 64.4 Å². The normalized spacial score (nSPS) is 42.4. The number of carbonyl (C=O) groups is 1. The molecule has 0 aromatic carbocycles. The second kappa shape index (κ2) is 6.29. The fourth-order valence-electron chi connectivity index (χ4n) is 2.46. The van der Waals surface area contributed by atoms with Crippen LogP contribution in [0.1, 0.15) is 12.8 Å². The Labute approximate surface area is 140 Å². The third kappa shape index (κ3) is 2.94. The Morgan fingerprint density at radius 1 is 0.962 bits per heavy atom. The Bertz CT molecular complexity index is 584. The smallest absolute Gasteiger partial charge is 0.373 e. The van der Waals surface area contributed by atoms with E-state index < -0.39 is 67.0 Å². The molecule has 26 heavy (non-hydrogen) atoms. The zero-order chi connectivity index (χ0) is 20.8. The molecule has 1 aliphatic rings. The van der Waals surface area contributed by atoms with Crippen LogP contribution in [0, 0.1) is 0 Å². The number of rotatable bonds is 4. The third-order valence-corrected chi connectivity index (χ3v) is 3.99. The summed E-state index contributed by atoms with van der Waals surface area (Å²) in [5, 5.41) is 18.6. The number of alkyl halides is 9. The summed E-state index contributed by atoms with van der Waals surface area (Å²) in [5.74, 6) is -24.7. The minimum atomic E-state index is -6.02. The first-order chi connectivity index (χ1) is 11.5. The highest BCUT2D eigenvalue weighted by atomic mass is 19.3. The standard InChI is InChI=1S/C13H13F9O4/c1-2-7(23)26-11(18)3-8(16,5-14)12(19,20)9(24,6-15)4-10(17,25)13(11,21)22/h2,24-25H,1,3-6H2. The molecule has 0 heterocycles. The van der Waals surface area contributed by atoms with E-state index in [2.05, 4.69) is 11.3 Å². The molecule has 1 fully saturated rings. The molecule has 0 spiro atoms. The van der Waals surface area contributed by atoms with Crippen molar-refractivity contribution in [3.05, 3.63) is 12.7 Å². The van der Waals surface area contributed by atoms with E-state index in [0.717, 1.165) is 0 Å². The van der Waals surface area contributed by atoms with Crippen LogP contribution in [0.5, 0.6) is 0 Å². The first kappa shape index (κ1) is 22.5. The maximum absolute atomic E-state index is 14.5. The van der Waals surface area contributed by atoms with E-state index >= 15 is 0 Å². The molecule has 1 aliphatic carbocycles. The minimum absolute atomic E-state index is 0.0128. The van der Waals surface area contributed by atoms with Gasteiger partial charge in [0, 0.05) is 6.08 Å². The second-order valence-corrected chi connectivity index (χ2v) is 5.88. The molecule has 4 nitrogen and oxygen atoms in total. The topological polar surface area (TPSA) is 66.8 Å². The first-order valence-electron chi connectivity index (χ1n) is 6.74. The van der Waals surface area contributed by atoms with Crippen molar-refractivity contribution in [3.8, 4) is 0 Å². The minimum Gasteiger partial charge on any atom is -0.418 e. The van der Waals surface area contributed by atoms with E-state index in [4.69, 9.17) is 5.11 Å². The highest BCUT2D eigenvalue weighted by Gasteiger charge is 2.82. The molecular weight excluding hydrogens is 391 g/mol. The zero-order valence-corrected chi connectivity index (χ0v) is 12.7. The van der Waals surface area contributed by atoms with Crippen molar-refractivity contribution in [3.63, 3.8) is 0 Å². The van der Waals surface area contributed by atoms with Gasteiger partial charge >= 0.3 is 23.7 Å². The lowest BCUT2D eigenvalue weighted by Gasteiger charge is -2.50. The van der Waals surface area contributed by atoms with Gasteiger partial charge in [0.25, 0.3) is 5.85 Å². The SMILES string of the molecule is C=CC(=O)OC1(F)CC(F)(CF)C(F)(F)C(O)(CF)CC(O)(F)C1(F)F. The zero-order valence-electron chi connectivity index (χ0n) is 12.7. The van der Waals surface area contributed by atoms with Crippen LogP contribution in [0.4, 0.5) is 39.5 Å². The number of halogens is 9. The molecule has 1 rings (SSSR count). The summed E-state index contributed by atoms with van der Waals surface area (Å²) < 4.78 is 129. The molecular formula is C13H13F9O4. The van der Waals surface area contributed by atoms with Gasteiger partial charge in [-0.05, 0) is 0 Å².